The average Bonchev–Trinajstić information content (AvgIpc) is 3.56. The maximum absolute atomic E-state index is 13.8. The number of carbonyl (C=O) groups is 6. The number of likely N-dealkylation sites (tertiary alicyclic amines) is 1. The van der Waals surface area contributed by atoms with E-state index >= 15 is 0 Å². The minimum Gasteiger partial charge on any atom is -0.480 e. The molecule has 0 bridgehead atoms. The summed E-state index contributed by atoms with van der Waals surface area (Å²) in [7, 11) is 0. The molecule has 5 amide bonds. The van der Waals surface area contributed by atoms with E-state index in [-0.39, 0.29) is 44.7 Å². The Morgan fingerprint density at radius 3 is 2.10 bits per heavy atom. The van der Waals surface area contributed by atoms with E-state index < -0.39 is 90.4 Å². The summed E-state index contributed by atoms with van der Waals surface area (Å²) in [6.07, 6.45) is -0.215. The van der Waals surface area contributed by atoms with Crippen LogP contribution in [0.2, 0.25) is 0 Å². The van der Waals surface area contributed by atoms with Gasteiger partial charge in [0, 0.05) is 19.5 Å². The summed E-state index contributed by atoms with van der Waals surface area (Å²) in [6, 6.07) is 1.27. The number of carbonyl (C=O) groups excluding carboxylic acids is 5. The summed E-state index contributed by atoms with van der Waals surface area (Å²) in [5, 5.41) is 39.1. The number of amides is 5. The smallest absolute Gasteiger partial charge is 0.326 e. The van der Waals surface area contributed by atoms with Crippen LogP contribution in [0.15, 0.2) is 35.3 Å². The normalized spacial score (nSPS) is 17.7. The molecule has 7 atom stereocenters. The zero-order valence-corrected chi connectivity index (χ0v) is 28.6. The number of rotatable bonds is 19. The van der Waals surface area contributed by atoms with Crippen molar-refractivity contribution in [1.82, 2.24) is 26.2 Å². The molecular formula is C32H51N9O9. The molecule has 1 aliphatic heterocycles. The highest BCUT2D eigenvalue weighted by Gasteiger charge is 2.40. The van der Waals surface area contributed by atoms with Crippen LogP contribution < -0.4 is 38.5 Å². The SMILES string of the molecule is CC(C)[C@H](NC(=O)[C@H](CO)NC(=O)[C@@H](N)[C@@H](C)O)C(=O)N1CCC[C@H]1C(=O)N[C@@H](Cc1ccccc1)C(=O)N[C@@H](CCCN=C(N)N)C(=O)O. The lowest BCUT2D eigenvalue weighted by molar-refractivity contribution is -0.144. The second-order valence-electron chi connectivity index (χ2n) is 12.5. The monoisotopic (exact) mass is 705 g/mol. The molecule has 13 N–H and O–H groups in total. The fourth-order valence-electron chi connectivity index (χ4n) is 5.29. The second-order valence-corrected chi connectivity index (χ2v) is 12.5. The molecule has 0 unspecified atom stereocenters. The molecule has 18 heteroatoms. The number of carboxylic acid groups (broad SMARTS) is 1. The van der Waals surface area contributed by atoms with Gasteiger partial charge in [-0.05, 0) is 44.1 Å². The molecule has 1 aromatic carbocycles. The van der Waals surface area contributed by atoms with Crippen LogP contribution in [-0.2, 0) is 35.2 Å². The third-order valence-corrected chi connectivity index (χ3v) is 8.18. The first-order valence-electron chi connectivity index (χ1n) is 16.5. The van der Waals surface area contributed by atoms with E-state index in [2.05, 4.69) is 26.3 Å². The predicted octanol–water partition coefficient (Wildman–Crippen LogP) is -3.35. The number of nitrogens with one attached hydrogen (secondary N) is 4. The number of aliphatic hydroxyl groups excluding tert-OH is 2. The van der Waals surface area contributed by atoms with E-state index in [0.717, 1.165) is 0 Å². The van der Waals surface area contributed by atoms with Gasteiger partial charge in [-0.25, -0.2) is 4.79 Å². The van der Waals surface area contributed by atoms with Gasteiger partial charge in [-0.2, -0.15) is 0 Å². The van der Waals surface area contributed by atoms with Crippen LogP contribution in [0.3, 0.4) is 0 Å². The van der Waals surface area contributed by atoms with Gasteiger partial charge in [-0.1, -0.05) is 44.2 Å². The van der Waals surface area contributed by atoms with Crippen LogP contribution in [-0.4, -0.2) is 124 Å². The van der Waals surface area contributed by atoms with Crippen molar-refractivity contribution in [2.75, 3.05) is 19.7 Å². The molecule has 0 aliphatic carbocycles. The van der Waals surface area contributed by atoms with Gasteiger partial charge in [-0.15, -0.1) is 0 Å². The zero-order valence-electron chi connectivity index (χ0n) is 28.6. The first-order chi connectivity index (χ1) is 23.6. The van der Waals surface area contributed by atoms with Gasteiger partial charge in [0.1, 0.15) is 36.3 Å². The van der Waals surface area contributed by atoms with Crippen molar-refractivity contribution in [1.29, 1.82) is 0 Å². The third-order valence-electron chi connectivity index (χ3n) is 8.18. The van der Waals surface area contributed by atoms with Crippen LogP contribution in [0.1, 0.15) is 52.0 Å². The predicted molar refractivity (Wildman–Crippen MR) is 182 cm³/mol. The largest absolute Gasteiger partial charge is 0.480 e. The Morgan fingerprint density at radius 2 is 1.54 bits per heavy atom. The van der Waals surface area contributed by atoms with Gasteiger partial charge in [0.25, 0.3) is 0 Å². The van der Waals surface area contributed by atoms with Crippen molar-refractivity contribution in [3.05, 3.63) is 35.9 Å². The Hall–Kier alpha value is -4.81. The molecule has 0 aromatic heterocycles. The zero-order chi connectivity index (χ0) is 37.5. The maximum Gasteiger partial charge on any atom is 0.326 e. The summed E-state index contributed by atoms with van der Waals surface area (Å²) in [6.45, 7) is 4.13. The molecule has 1 aliphatic rings. The van der Waals surface area contributed by atoms with Crippen molar-refractivity contribution < 1.29 is 44.1 Å². The number of hydrogen-bond donors (Lipinski definition) is 10. The molecule has 1 fully saturated rings. The summed E-state index contributed by atoms with van der Waals surface area (Å²) in [4.78, 5) is 83.4. The molecule has 1 aromatic rings. The minimum atomic E-state index is -1.47. The van der Waals surface area contributed by atoms with Crippen LogP contribution in [0, 0.1) is 5.92 Å². The highest BCUT2D eigenvalue weighted by atomic mass is 16.4. The lowest BCUT2D eigenvalue weighted by atomic mass is 10.0. The molecule has 2 rings (SSSR count). The molecule has 18 nitrogen and oxygen atoms in total. The molecule has 1 heterocycles. The molecule has 50 heavy (non-hydrogen) atoms. The van der Waals surface area contributed by atoms with E-state index in [4.69, 9.17) is 17.2 Å². The van der Waals surface area contributed by atoms with Gasteiger partial charge in [0.05, 0.1) is 12.7 Å². The van der Waals surface area contributed by atoms with Gasteiger partial charge in [-0.3, -0.25) is 29.0 Å². The Kier molecular flexibility index (Phi) is 16.5. The molecule has 0 radical (unpaired) electrons. The van der Waals surface area contributed by atoms with E-state index in [1.165, 1.54) is 11.8 Å². The number of guanidine groups is 1. The van der Waals surface area contributed by atoms with Crippen molar-refractivity contribution in [2.24, 2.45) is 28.1 Å². The number of aliphatic hydroxyl groups is 2. The number of nitrogens with zero attached hydrogens (tertiary/aromatic N) is 2. The second kappa shape index (κ2) is 20.0. The van der Waals surface area contributed by atoms with Crippen molar-refractivity contribution in [2.45, 2.75) is 95.2 Å². The highest BCUT2D eigenvalue weighted by Crippen LogP contribution is 2.21. The van der Waals surface area contributed by atoms with Crippen LogP contribution in [0.5, 0.6) is 0 Å². The van der Waals surface area contributed by atoms with Crippen molar-refractivity contribution >= 4 is 41.5 Å². The van der Waals surface area contributed by atoms with E-state index in [9.17, 15) is 44.1 Å². The number of aliphatic imine (C=N–C) groups is 1. The number of carboxylic acids is 1. The van der Waals surface area contributed by atoms with Gasteiger partial charge < -0.3 is 58.7 Å². The fraction of sp³-hybridized carbons (Fsp3) is 0.594. The van der Waals surface area contributed by atoms with E-state index in [0.29, 0.717) is 12.0 Å². The molecule has 0 saturated carbocycles. The van der Waals surface area contributed by atoms with E-state index in [1.54, 1.807) is 44.2 Å². The van der Waals surface area contributed by atoms with Gasteiger partial charge >= 0.3 is 5.97 Å². The highest BCUT2D eigenvalue weighted by molar-refractivity contribution is 5.97. The maximum atomic E-state index is 13.8. The summed E-state index contributed by atoms with van der Waals surface area (Å²) in [5.74, 6) is -5.65. The molecule has 1 saturated heterocycles. The van der Waals surface area contributed by atoms with Crippen LogP contribution >= 0.6 is 0 Å². The average molecular weight is 706 g/mol. The third kappa shape index (κ3) is 12.6. The standard InChI is InChI=1S/C32H51N9O9/c1-17(2)25(40-27(45)22(16-42)39-29(47)24(33)18(3)43)30(48)41-14-8-12-23(41)28(46)38-21(15-19-9-5-4-6-10-19)26(44)37-20(31(49)50)11-7-13-36-32(34)35/h4-6,9-10,17-18,20-25,42-43H,7-8,11-16,33H2,1-3H3,(H,37,44)(H,38,46)(H,39,47)(H,40,45)(H,49,50)(H4,34,35,36)/t18-,20+,21+,22+,23+,24+,25+/m1/s1. The number of aliphatic carboxylic acids is 1. The quantitative estimate of drug-likeness (QED) is 0.0384. The Balaban J connectivity index is 2.23. The number of nitrogens with two attached hydrogens (primary N) is 3. The topological polar surface area (TPSA) is 305 Å². The summed E-state index contributed by atoms with van der Waals surface area (Å²) >= 11 is 0. The van der Waals surface area contributed by atoms with Gasteiger partial charge in [0.2, 0.25) is 29.5 Å². The first-order valence-corrected chi connectivity index (χ1v) is 16.5. The van der Waals surface area contributed by atoms with Gasteiger partial charge in [0.15, 0.2) is 5.96 Å². The first kappa shape index (κ1) is 41.4. The molecule has 0 spiro atoms. The molecular weight excluding hydrogens is 654 g/mol. The molecule has 278 valence electrons. The lowest BCUT2D eigenvalue weighted by Gasteiger charge is -2.32. The van der Waals surface area contributed by atoms with Crippen molar-refractivity contribution in [3.63, 3.8) is 0 Å². The van der Waals surface area contributed by atoms with Crippen molar-refractivity contribution in [3.8, 4) is 0 Å². The summed E-state index contributed by atoms with van der Waals surface area (Å²) in [5.41, 5.74) is 16.9. The Morgan fingerprint density at radius 1 is 0.920 bits per heavy atom. The van der Waals surface area contributed by atoms with Crippen LogP contribution in [0.4, 0.5) is 0 Å². The summed E-state index contributed by atoms with van der Waals surface area (Å²) < 4.78 is 0. The fourth-order valence-corrected chi connectivity index (χ4v) is 5.29. The van der Waals surface area contributed by atoms with E-state index in [1.807, 2.05) is 0 Å². The number of hydrogen-bond acceptors (Lipinski definition) is 10. The van der Waals surface area contributed by atoms with Crippen LogP contribution in [0.25, 0.3) is 0 Å². The lowest BCUT2D eigenvalue weighted by Crippen LogP contribution is -2.61. The Labute approximate surface area is 290 Å². The number of benzene rings is 1. The minimum absolute atomic E-state index is 0.0191. The Bertz CT molecular complexity index is 1360.